The number of nitrogens with zero attached hydrogens (tertiary/aromatic N) is 1. The molecule has 0 bridgehead atoms. The van der Waals surface area contributed by atoms with E-state index >= 15 is 0 Å². The lowest BCUT2D eigenvalue weighted by Gasteiger charge is -2.30. The lowest BCUT2D eigenvalue weighted by molar-refractivity contribution is -0.870. The summed E-state index contributed by atoms with van der Waals surface area (Å²) in [6.45, 7) is 6.71. The van der Waals surface area contributed by atoms with Crippen molar-refractivity contribution in [1.82, 2.24) is 5.32 Å². The summed E-state index contributed by atoms with van der Waals surface area (Å²) in [6.07, 6.45) is 72.6. The number of hydrogen-bond acceptors (Lipinski definition) is 7. The molecule has 76 heavy (non-hydrogen) atoms. The van der Waals surface area contributed by atoms with Crippen molar-refractivity contribution < 1.29 is 37.3 Å². The van der Waals surface area contributed by atoms with E-state index in [1.807, 2.05) is 33.3 Å². The topological polar surface area (TPSA) is 114 Å². The molecular formula is C66H119N2O7P. The molecule has 0 spiro atoms. The monoisotopic (exact) mass is 1080 g/mol. The Morgan fingerprint density at radius 1 is 0.474 bits per heavy atom. The molecule has 1 amide bonds. The third-order valence-corrected chi connectivity index (χ3v) is 14.6. The van der Waals surface area contributed by atoms with Gasteiger partial charge in [-0.15, -0.1) is 0 Å². The van der Waals surface area contributed by atoms with Crippen LogP contribution in [0.25, 0.3) is 0 Å². The summed E-state index contributed by atoms with van der Waals surface area (Å²) in [5.41, 5.74) is 0. The van der Waals surface area contributed by atoms with Crippen molar-refractivity contribution in [3.8, 4) is 0 Å². The Bertz CT molecular complexity index is 1580. The van der Waals surface area contributed by atoms with Gasteiger partial charge in [0.05, 0.1) is 33.8 Å². The Labute approximate surface area is 469 Å². The molecule has 0 saturated carbocycles. The van der Waals surface area contributed by atoms with E-state index in [0.29, 0.717) is 23.9 Å². The highest BCUT2D eigenvalue weighted by Gasteiger charge is 2.27. The van der Waals surface area contributed by atoms with Gasteiger partial charge in [-0.1, -0.05) is 260 Å². The molecule has 9 nitrogen and oxygen atoms in total. The van der Waals surface area contributed by atoms with Crippen LogP contribution < -0.4 is 10.2 Å². The van der Waals surface area contributed by atoms with Crippen molar-refractivity contribution in [2.75, 3.05) is 40.9 Å². The standard InChI is InChI=1S/C66H119N2O7P/c1-7-10-13-16-19-22-25-28-30-32-33-34-35-36-38-41-44-47-50-53-56-59-66(70)75-64(57-54-51-48-45-42-39-27-24-21-18-15-12-9-3)63(62-74-76(71,72)73-61-60-68(4,5)6)67-65(69)58-55-52-49-46-43-40-37-31-29-26-23-20-17-14-11-8-2/h10,13,19,22,28,30,33-34,36,38,44,47,54,57,63-64H,7-9,11-12,14-18,20-21,23-27,29,31-32,35,37,39-43,45-46,48-53,55-56,58-62H2,1-6H3,(H-,67,69,71,72)/b13-10-,22-19-,30-28-,34-33-,38-36-,47-44-,57-54+. The molecule has 0 aliphatic carbocycles. The average molecular weight is 1080 g/mol. The number of rotatable bonds is 56. The van der Waals surface area contributed by atoms with Gasteiger partial charge in [0.2, 0.25) is 5.91 Å². The zero-order valence-electron chi connectivity index (χ0n) is 50.2. The SMILES string of the molecule is CC/C=C\C/C=C\C/C=C\C/C=C\C/C=C\C/C=C\CCCCC(=O)OC(/C=C/CCCCCCCCCCCCC)C(COP(=O)([O-])OCC[N+](C)(C)C)NC(=O)CCCCCCCCCCCCCCCCCC. The van der Waals surface area contributed by atoms with E-state index in [0.717, 1.165) is 89.9 Å². The predicted molar refractivity (Wildman–Crippen MR) is 325 cm³/mol. The normalized spacial score (nSPS) is 14.2. The lowest BCUT2D eigenvalue weighted by atomic mass is 10.0. The number of amides is 1. The van der Waals surface area contributed by atoms with Crippen LogP contribution in [0.2, 0.25) is 0 Å². The van der Waals surface area contributed by atoms with E-state index in [1.165, 1.54) is 141 Å². The van der Waals surface area contributed by atoms with Crippen LogP contribution in [-0.4, -0.2) is 69.4 Å². The molecule has 0 aromatic carbocycles. The summed E-state index contributed by atoms with van der Waals surface area (Å²) in [6, 6.07) is -0.908. The summed E-state index contributed by atoms with van der Waals surface area (Å²) >= 11 is 0. The minimum atomic E-state index is -4.71. The molecule has 0 aliphatic heterocycles. The smallest absolute Gasteiger partial charge is 0.306 e. The number of carbonyl (C=O) groups excluding carboxylic acids is 2. The van der Waals surface area contributed by atoms with Gasteiger partial charge in [0.1, 0.15) is 19.3 Å². The number of nitrogens with one attached hydrogen (secondary N) is 1. The second-order valence-electron chi connectivity index (χ2n) is 22.2. The molecule has 0 aromatic rings. The Morgan fingerprint density at radius 3 is 1.28 bits per heavy atom. The molecule has 0 saturated heterocycles. The molecule has 0 radical (unpaired) electrons. The fourth-order valence-electron chi connectivity index (χ4n) is 8.76. The van der Waals surface area contributed by atoms with Crippen LogP contribution in [0.5, 0.6) is 0 Å². The van der Waals surface area contributed by atoms with E-state index in [1.54, 1.807) is 0 Å². The first-order valence-corrected chi connectivity index (χ1v) is 32.9. The van der Waals surface area contributed by atoms with Gasteiger partial charge in [0.15, 0.2) is 0 Å². The third-order valence-electron chi connectivity index (χ3n) is 13.6. The number of likely N-dealkylation sites (N-methyl/N-ethyl adjacent to an activating group) is 1. The maximum absolute atomic E-state index is 13.5. The summed E-state index contributed by atoms with van der Waals surface area (Å²) < 4.78 is 30.3. The Balaban J connectivity index is 5.36. The van der Waals surface area contributed by atoms with Crippen molar-refractivity contribution in [2.24, 2.45) is 0 Å². The fraction of sp³-hybridized carbons (Fsp3) is 0.758. The van der Waals surface area contributed by atoms with Gasteiger partial charge in [0, 0.05) is 12.8 Å². The van der Waals surface area contributed by atoms with E-state index in [4.69, 9.17) is 13.8 Å². The first-order chi connectivity index (χ1) is 36.9. The molecule has 0 rings (SSSR count). The van der Waals surface area contributed by atoms with Crippen LogP contribution in [0.3, 0.4) is 0 Å². The van der Waals surface area contributed by atoms with Gasteiger partial charge in [-0.3, -0.25) is 14.2 Å². The van der Waals surface area contributed by atoms with Crippen LogP contribution in [-0.2, 0) is 27.9 Å². The highest BCUT2D eigenvalue weighted by molar-refractivity contribution is 7.45. The third kappa shape index (κ3) is 55.9. The zero-order valence-corrected chi connectivity index (χ0v) is 51.1. The molecule has 0 aliphatic rings. The Morgan fingerprint density at radius 2 is 0.842 bits per heavy atom. The van der Waals surface area contributed by atoms with Crippen LogP contribution >= 0.6 is 7.82 Å². The number of quaternary nitrogens is 1. The molecule has 0 fully saturated rings. The maximum Gasteiger partial charge on any atom is 0.306 e. The number of esters is 1. The van der Waals surface area contributed by atoms with Crippen molar-refractivity contribution >= 4 is 19.7 Å². The molecule has 3 atom stereocenters. The van der Waals surface area contributed by atoms with E-state index in [-0.39, 0.29) is 24.9 Å². The van der Waals surface area contributed by atoms with Gasteiger partial charge >= 0.3 is 5.97 Å². The minimum absolute atomic E-state index is 0.0313. The predicted octanol–water partition coefficient (Wildman–Crippen LogP) is 18.8. The number of carbonyl (C=O) groups is 2. The Kier molecular flexibility index (Phi) is 53.5. The molecule has 3 unspecified atom stereocenters. The highest BCUT2D eigenvalue weighted by atomic mass is 31.2. The summed E-state index contributed by atoms with van der Waals surface area (Å²) in [7, 11) is 1.16. The number of hydrogen-bond donors (Lipinski definition) is 1. The Hall–Kier alpha value is -2.81. The number of allylic oxidation sites excluding steroid dienone is 13. The molecule has 10 heteroatoms. The van der Waals surface area contributed by atoms with Gasteiger partial charge in [-0.25, -0.2) is 0 Å². The van der Waals surface area contributed by atoms with Crippen molar-refractivity contribution in [1.29, 1.82) is 0 Å². The van der Waals surface area contributed by atoms with Crippen molar-refractivity contribution in [3.05, 3.63) is 85.1 Å². The first kappa shape index (κ1) is 73.2. The van der Waals surface area contributed by atoms with E-state index < -0.39 is 26.6 Å². The summed E-state index contributed by atoms with van der Waals surface area (Å²) in [4.78, 5) is 40.0. The van der Waals surface area contributed by atoms with Gasteiger partial charge < -0.3 is 28.5 Å². The average Bonchev–Trinajstić information content (AvgIpc) is 3.38. The van der Waals surface area contributed by atoms with Gasteiger partial charge in [-0.2, -0.15) is 0 Å². The summed E-state index contributed by atoms with van der Waals surface area (Å²) in [5, 5.41) is 3.02. The quantitative estimate of drug-likeness (QED) is 0.0212. The molecule has 440 valence electrons. The van der Waals surface area contributed by atoms with Crippen LogP contribution in [0.15, 0.2) is 85.1 Å². The molecule has 1 N–H and O–H groups in total. The molecule has 0 aromatic heterocycles. The zero-order chi connectivity index (χ0) is 55.7. The van der Waals surface area contributed by atoms with Gasteiger partial charge in [0.25, 0.3) is 7.82 Å². The maximum atomic E-state index is 13.5. The minimum Gasteiger partial charge on any atom is -0.756 e. The van der Waals surface area contributed by atoms with Gasteiger partial charge in [-0.05, 0) is 83.1 Å². The molecular weight excluding hydrogens is 964 g/mol. The number of phosphoric ester groups is 1. The highest BCUT2D eigenvalue weighted by Crippen LogP contribution is 2.38. The van der Waals surface area contributed by atoms with Crippen LogP contribution in [0, 0.1) is 0 Å². The number of ether oxygens (including phenoxy) is 1. The second kappa shape index (κ2) is 55.5. The fourth-order valence-corrected chi connectivity index (χ4v) is 9.48. The summed E-state index contributed by atoms with van der Waals surface area (Å²) in [5.74, 6) is -0.588. The number of unbranched alkanes of at least 4 members (excludes halogenated alkanes) is 28. The van der Waals surface area contributed by atoms with E-state index in [9.17, 15) is 19.0 Å². The van der Waals surface area contributed by atoms with Crippen LogP contribution in [0.4, 0.5) is 0 Å². The van der Waals surface area contributed by atoms with E-state index in [2.05, 4.69) is 99.0 Å². The van der Waals surface area contributed by atoms with Crippen molar-refractivity contribution in [2.45, 2.75) is 283 Å². The lowest BCUT2D eigenvalue weighted by Crippen LogP contribution is -2.47. The number of phosphoric acid groups is 1. The van der Waals surface area contributed by atoms with Crippen molar-refractivity contribution in [3.63, 3.8) is 0 Å². The first-order valence-electron chi connectivity index (χ1n) is 31.4. The second-order valence-corrected chi connectivity index (χ2v) is 23.6. The largest absolute Gasteiger partial charge is 0.756 e. The molecule has 0 heterocycles. The van der Waals surface area contributed by atoms with Crippen LogP contribution in [0.1, 0.15) is 271 Å².